The molecule has 0 saturated heterocycles. The fourth-order valence-corrected chi connectivity index (χ4v) is 2.85. The summed E-state index contributed by atoms with van der Waals surface area (Å²) >= 11 is 0. The zero-order valence-corrected chi connectivity index (χ0v) is 12.4. The van der Waals surface area contributed by atoms with Crippen LogP contribution in [0.3, 0.4) is 0 Å². The van der Waals surface area contributed by atoms with Gasteiger partial charge >= 0.3 is 0 Å². The van der Waals surface area contributed by atoms with Gasteiger partial charge in [0.2, 0.25) is 0 Å². The third kappa shape index (κ3) is 2.49. The van der Waals surface area contributed by atoms with E-state index < -0.39 is 0 Å². The molecular weight excluding hydrogens is 258 g/mol. The second-order valence-corrected chi connectivity index (χ2v) is 5.75. The van der Waals surface area contributed by atoms with Gasteiger partial charge < -0.3 is 5.73 Å². The minimum Gasteiger partial charge on any atom is -0.398 e. The molecule has 0 heterocycles. The van der Waals surface area contributed by atoms with Crippen LogP contribution in [0.5, 0.6) is 0 Å². The standard InChI is InChI=1S/C19H19NO/c1-12-3-6-14(7-4-12)18(20)17-10-8-15-11-13(2)5-9-16(15)19(17)21/h3-7,9,11H,8,10,20H2,1-2H3/b18-17-. The molecule has 0 aromatic heterocycles. The molecule has 2 aromatic carbocycles. The number of Topliss-reactive ketones (excluding diaryl/α,β-unsaturated/α-hetero) is 1. The van der Waals surface area contributed by atoms with E-state index in [4.69, 9.17) is 5.73 Å². The number of allylic oxidation sites excluding steroid dienone is 1. The van der Waals surface area contributed by atoms with Crippen LogP contribution in [0.4, 0.5) is 0 Å². The van der Waals surface area contributed by atoms with Gasteiger partial charge in [0, 0.05) is 16.8 Å². The van der Waals surface area contributed by atoms with Crippen molar-refractivity contribution in [1.29, 1.82) is 0 Å². The van der Waals surface area contributed by atoms with Crippen molar-refractivity contribution in [3.63, 3.8) is 0 Å². The van der Waals surface area contributed by atoms with Crippen molar-refractivity contribution >= 4 is 11.5 Å². The Hall–Kier alpha value is -2.35. The number of hydrogen-bond donors (Lipinski definition) is 1. The summed E-state index contributed by atoms with van der Waals surface area (Å²) in [6, 6.07) is 14.0. The summed E-state index contributed by atoms with van der Waals surface area (Å²) in [5.41, 5.74) is 12.9. The van der Waals surface area contributed by atoms with E-state index in [1.807, 2.05) is 43.3 Å². The van der Waals surface area contributed by atoms with Gasteiger partial charge in [-0.1, -0.05) is 53.6 Å². The third-order valence-electron chi connectivity index (χ3n) is 4.11. The van der Waals surface area contributed by atoms with Gasteiger partial charge in [-0.05, 0) is 37.8 Å². The van der Waals surface area contributed by atoms with Crippen LogP contribution < -0.4 is 5.73 Å². The normalized spacial score (nSPS) is 16.6. The predicted molar refractivity (Wildman–Crippen MR) is 86.1 cm³/mol. The van der Waals surface area contributed by atoms with Crippen LogP contribution in [0.1, 0.15) is 39.0 Å². The van der Waals surface area contributed by atoms with Crippen LogP contribution >= 0.6 is 0 Å². The van der Waals surface area contributed by atoms with E-state index in [0.29, 0.717) is 5.70 Å². The molecule has 0 amide bonds. The average Bonchev–Trinajstić information content (AvgIpc) is 2.47. The molecule has 0 fully saturated rings. The first kappa shape index (κ1) is 13.6. The molecule has 1 aliphatic carbocycles. The summed E-state index contributed by atoms with van der Waals surface area (Å²) in [6.07, 6.45) is 1.60. The third-order valence-corrected chi connectivity index (χ3v) is 4.11. The summed E-state index contributed by atoms with van der Waals surface area (Å²) in [5, 5.41) is 0. The van der Waals surface area contributed by atoms with E-state index in [-0.39, 0.29) is 5.78 Å². The second kappa shape index (κ2) is 5.21. The topological polar surface area (TPSA) is 43.1 Å². The molecule has 0 unspecified atom stereocenters. The van der Waals surface area contributed by atoms with Crippen LogP contribution in [0, 0.1) is 13.8 Å². The second-order valence-electron chi connectivity index (χ2n) is 5.75. The highest BCUT2D eigenvalue weighted by Gasteiger charge is 2.24. The molecule has 0 saturated carbocycles. The molecule has 0 spiro atoms. The number of carbonyl (C=O) groups excluding carboxylic acids is 1. The summed E-state index contributed by atoms with van der Waals surface area (Å²) in [4.78, 5) is 12.7. The SMILES string of the molecule is Cc1ccc(/C(N)=C2\CCc3cc(C)ccc3C2=O)cc1. The Bertz CT molecular complexity index is 739. The highest BCUT2D eigenvalue weighted by Crippen LogP contribution is 2.29. The highest BCUT2D eigenvalue weighted by atomic mass is 16.1. The van der Waals surface area contributed by atoms with Crippen LogP contribution in [0.25, 0.3) is 5.70 Å². The lowest BCUT2D eigenvalue weighted by Crippen LogP contribution is -2.18. The largest absolute Gasteiger partial charge is 0.398 e. The lowest BCUT2D eigenvalue weighted by atomic mass is 9.84. The molecule has 2 nitrogen and oxygen atoms in total. The molecule has 106 valence electrons. The number of benzene rings is 2. The van der Waals surface area contributed by atoms with Gasteiger partial charge in [0.1, 0.15) is 0 Å². The van der Waals surface area contributed by atoms with Gasteiger partial charge in [-0.3, -0.25) is 4.79 Å². The molecule has 0 radical (unpaired) electrons. The quantitative estimate of drug-likeness (QED) is 0.806. The van der Waals surface area contributed by atoms with E-state index in [2.05, 4.69) is 13.0 Å². The van der Waals surface area contributed by atoms with E-state index >= 15 is 0 Å². The Balaban J connectivity index is 2.04. The number of hydrogen-bond acceptors (Lipinski definition) is 2. The van der Waals surface area contributed by atoms with Crippen LogP contribution in [0.2, 0.25) is 0 Å². The molecule has 1 aliphatic rings. The Morgan fingerprint density at radius 2 is 1.62 bits per heavy atom. The molecule has 3 rings (SSSR count). The first-order valence-corrected chi connectivity index (χ1v) is 7.26. The Kier molecular flexibility index (Phi) is 3.38. The molecule has 2 aromatic rings. The maximum Gasteiger partial charge on any atom is 0.191 e. The molecule has 0 aliphatic heterocycles. The first-order chi connectivity index (χ1) is 10.1. The zero-order chi connectivity index (χ0) is 15.0. The van der Waals surface area contributed by atoms with Crippen molar-refractivity contribution in [1.82, 2.24) is 0 Å². The average molecular weight is 277 g/mol. The fourth-order valence-electron chi connectivity index (χ4n) is 2.85. The van der Waals surface area contributed by atoms with Gasteiger partial charge in [-0.15, -0.1) is 0 Å². The van der Waals surface area contributed by atoms with Crippen LogP contribution in [0.15, 0.2) is 48.0 Å². The van der Waals surface area contributed by atoms with E-state index in [9.17, 15) is 4.79 Å². The van der Waals surface area contributed by atoms with E-state index in [1.165, 1.54) is 11.1 Å². The van der Waals surface area contributed by atoms with Gasteiger partial charge in [0.25, 0.3) is 0 Å². The predicted octanol–water partition coefficient (Wildman–Crippen LogP) is 3.80. The maximum atomic E-state index is 12.7. The fraction of sp³-hybridized carbons (Fsp3) is 0.211. The minimum atomic E-state index is 0.0781. The summed E-state index contributed by atoms with van der Waals surface area (Å²) in [6.45, 7) is 4.09. The first-order valence-electron chi connectivity index (χ1n) is 7.26. The molecule has 2 N–H and O–H groups in total. The minimum absolute atomic E-state index is 0.0781. The monoisotopic (exact) mass is 277 g/mol. The summed E-state index contributed by atoms with van der Waals surface area (Å²) in [5.74, 6) is 0.0781. The zero-order valence-electron chi connectivity index (χ0n) is 12.4. The number of aryl methyl sites for hydroxylation is 3. The van der Waals surface area contributed by atoms with E-state index in [0.717, 1.165) is 35.1 Å². The number of rotatable bonds is 1. The lowest BCUT2D eigenvalue weighted by molar-refractivity contribution is 0.102. The van der Waals surface area contributed by atoms with Crippen molar-refractivity contribution < 1.29 is 4.79 Å². The van der Waals surface area contributed by atoms with Gasteiger partial charge in [0.05, 0.1) is 0 Å². The maximum absolute atomic E-state index is 12.7. The molecular formula is C19H19NO. The number of carbonyl (C=O) groups is 1. The van der Waals surface area contributed by atoms with Crippen molar-refractivity contribution in [3.8, 4) is 0 Å². The molecule has 0 bridgehead atoms. The van der Waals surface area contributed by atoms with Crippen molar-refractivity contribution in [2.75, 3.05) is 0 Å². The molecule has 0 atom stereocenters. The van der Waals surface area contributed by atoms with Gasteiger partial charge in [-0.2, -0.15) is 0 Å². The molecule has 21 heavy (non-hydrogen) atoms. The number of nitrogens with two attached hydrogens (primary N) is 1. The Morgan fingerprint density at radius 1 is 0.952 bits per heavy atom. The lowest BCUT2D eigenvalue weighted by Gasteiger charge is -2.20. The molecule has 2 heteroatoms. The van der Waals surface area contributed by atoms with Crippen molar-refractivity contribution in [2.45, 2.75) is 26.7 Å². The number of ketones is 1. The van der Waals surface area contributed by atoms with Crippen LogP contribution in [-0.4, -0.2) is 5.78 Å². The van der Waals surface area contributed by atoms with Crippen molar-refractivity contribution in [3.05, 3.63) is 75.9 Å². The summed E-state index contributed by atoms with van der Waals surface area (Å²) in [7, 11) is 0. The van der Waals surface area contributed by atoms with E-state index in [1.54, 1.807) is 0 Å². The smallest absolute Gasteiger partial charge is 0.191 e. The van der Waals surface area contributed by atoms with Crippen molar-refractivity contribution in [2.24, 2.45) is 5.73 Å². The highest BCUT2D eigenvalue weighted by molar-refractivity contribution is 6.14. The van der Waals surface area contributed by atoms with Gasteiger partial charge in [0.15, 0.2) is 5.78 Å². The van der Waals surface area contributed by atoms with Crippen LogP contribution in [-0.2, 0) is 6.42 Å². The Morgan fingerprint density at radius 3 is 2.33 bits per heavy atom. The number of fused-ring (bicyclic) bond motifs is 1. The Labute approximate surface area is 125 Å². The van der Waals surface area contributed by atoms with Gasteiger partial charge in [-0.25, -0.2) is 0 Å². The summed E-state index contributed by atoms with van der Waals surface area (Å²) < 4.78 is 0.